The second-order valence-corrected chi connectivity index (χ2v) is 5.15. The van der Waals surface area contributed by atoms with Gasteiger partial charge >= 0.3 is 5.69 Å². The smallest absolute Gasteiger partial charge is 0.330 e. The maximum Gasteiger partial charge on any atom is 0.330 e. The summed E-state index contributed by atoms with van der Waals surface area (Å²) in [5.41, 5.74) is 0.0168. The van der Waals surface area contributed by atoms with E-state index in [-0.39, 0.29) is 5.69 Å². The first-order chi connectivity index (χ1) is 8.82. The van der Waals surface area contributed by atoms with Gasteiger partial charge in [-0.1, -0.05) is 0 Å². The van der Waals surface area contributed by atoms with Crippen LogP contribution in [0.15, 0.2) is 6.20 Å². The molecular weight excluding hydrogens is 246 g/mol. The minimum absolute atomic E-state index is 0.0168. The normalized spacial score (nSPS) is 11.6. The van der Waals surface area contributed by atoms with Gasteiger partial charge in [0.1, 0.15) is 6.20 Å². The third-order valence-corrected chi connectivity index (χ3v) is 3.00. The van der Waals surface area contributed by atoms with Crippen LogP contribution in [0, 0.1) is 10.1 Å². The van der Waals surface area contributed by atoms with Crippen molar-refractivity contribution in [2.75, 3.05) is 18.4 Å². The third kappa shape index (κ3) is 4.20. The molecule has 0 atom stereocenters. The van der Waals surface area contributed by atoms with Crippen molar-refractivity contribution in [3.8, 4) is 0 Å². The molecule has 0 fully saturated rings. The molecule has 1 rings (SSSR count). The van der Waals surface area contributed by atoms with Gasteiger partial charge in [-0.05, 0) is 27.7 Å². The van der Waals surface area contributed by atoms with E-state index < -0.39 is 4.92 Å². The Morgan fingerprint density at radius 3 is 2.47 bits per heavy atom. The summed E-state index contributed by atoms with van der Waals surface area (Å²) in [6.45, 7) is 10.0. The summed E-state index contributed by atoms with van der Waals surface area (Å²) < 4.78 is 1.45. The molecule has 0 aromatic carbocycles. The van der Waals surface area contributed by atoms with Crippen molar-refractivity contribution in [3.05, 3.63) is 16.3 Å². The van der Waals surface area contributed by atoms with E-state index in [0.717, 1.165) is 6.54 Å². The largest absolute Gasteiger partial charge is 0.362 e. The molecule has 1 aromatic rings. The minimum Gasteiger partial charge on any atom is -0.362 e. The van der Waals surface area contributed by atoms with Crippen LogP contribution in [0.2, 0.25) is 0 Å². The van der Waals surface area contributed by atoms with Gasteiger partial charge in [-0.2, -0.15) is 0 Å². The van der Waals surface area contributed by atoms with Crippen molar-refractivity contribution >= 4 is 11.5 Å². The molecule has 0 aliphatic heterocycles. The number of nitrogens with one attached hydrogen (secondary N) is 1. The molecule has 0 aliphatic carbocycles. The maximum atomic E-state index is 10.9. The Kier molecular flexibility index (Phi) is 5.29. The predicted molar refractivity (Wildman–Crippen MR) is 75.3 cm³/mol. The van der Waals surface area contributed by atoms with Crippen LogP contribution in [0.4, 0.5) is 11.5 Å². The molecule has 0 bridgehead atoms. The van der Waals surface area contributed by atoms with Crippen molar-refractivity contribution in [2.45, 2.75) is 39.8 Å². The highest BCUT2D eigenvalue weighted by Crippen LogP contribution is 2.21. The Hall–Kier alpha value is -1.63. The molecule has 0 saturated carbocycles. The van der Waals surface area contributed by atoms with E-state index in [1.54, 1.807) is 7.05 Å². The number of hydrogen-bond donors (Lipinski definition) is 1. The van der Waals surface area contributed by atoms with E-state index in [9.17, 15) is 10.1 Å². The van der Waals surface area contributed by atoms with Crippen LogP contribution in [-0.4, -0.2) is 44.8 Å². The average molecular weight is 269 g/mol. The predicted octanol–water partition coefficient (Wildman–Crippen LogP) is 1.86. The summed E-state index contributed by atoms with van der Waals surface area (Å²) in [5, 5.41) is 18.0. The summed E-state index contributed by atoms with van der Waals surface area (Å²) in [4.78, 5) is 12.8. The fourth-order valence-electron chi connectivity index (χ4n) is 2.15. The lowest BCUT2D eigenvalue weighted by atomic mass is 10.2. The molecule has 108 valence electrons. The summed E-state index contributed by atoms with van der Waals surface area (Å²) in [7, 11) is 1.67. The molecule has 0 saturated heterocycles. The Labute approximate surface area is 113 Å². The number of rotatable bonds is 7. The zero-order valence-corrected chi connectivity index (χ0v) is 12.3. The third-order valence-electron chi connectivity index (χ3n) is 3.00. The monoisotopic (exact) mass is 269 g/mol. The molecule has 19 heavy (non-hydrogen) atoms. The highest BCUT2D eigenvalue weighted by molar-refractivity contribution is 5.54. The Balaban J connectivity index is 2.60. The lowest BCUT2D eigenvalue weighted by Gasteiger charge is -2.30. The van der Waals surface area contributed by atoms with Gasteiger partial charge in [-0.25, -0.2) is 0 Å². The van der Waals surface area contributed by atoms with Gasteiger partial charge in [0.15, 0.2) is 0 Å². The Bertz CT molecular complexity index is 420. The SMILES string of the molecule is CC(C)N(CCNc1nn(C)cc1[N+](=O)[O-])C(C)C. The Morgan fingerprint density at radius 2 is 2.00 bits per heavy atom. The molecule has 0 unspecified atom stereocenters. The van der Waals surface area contributed by atoms with Gasteiger partial charge < -0.3 is 5.32 Å². The molecular formula is C12H23N5O2. The second-order valence-electron chi connectivity index (χ2n) is 5.15. The molecule has 0 aliphatic rings. The van der Waals surface area contributed by atoms with E-state index >= 15 is 0 Å². The maximum absolute atomic E-state index is 10.9. The van der Waals surface area contributed by atoms with Crippen LogP contribution in [-0.2, 0) is 7.05 Å². The van der Waals surface area contributed by atoms with Gasteiger partial charge in [0, 0.05) is 32.2 Å². The standard InChI is InChI=1S/C12H23N5O2/c1-9(2)16(10(3)4)7-6-13-12-11(17(18)19)8-15(5)14-12/h8-10H,6-7H2,1-5H3,(H,13,14). The molecule has 1 aromatic heterocycles. The summed E-state index contributed by atoms with van der Waals surface area (Å²) >= 11 is 0. The van der Waals surface area contributed by atoms with Gasteiger partial charge in [-0.15, -0.1) is 5.10 Å². The molecule has 7 heteroatoms. The van der Waals surface area contributed by atoms with E-state index in [4.69, 9.17) is 0 Å². The first kappa shape index (κ1) is 15.4. The highest BCUT2D eigenvalue weighted by Gasteiger charge is 2.19. The molecule has 1 heterocycles. The van der Waals surface area contributed by atoms with E-state index in [2.05, 4.69) is 43.0 Å². The second kappa shape index (κ2) is 6.51. The zero-order valence-electron chi connectivity index (χ0n) is 12.3. The molecule has 7 nitrogen and oxygen atoms in total. The fraction of sp³-hybridized carbons (Fsp3) is 0.750. The molecule has 0 amide bonds. The number of nitro groups is 1. The topological polar surface area (TPSA) is 76.2 Å². The molecule has 0 radical (unpaired) electrons. The lowest BCUT2D eigenvalue weighted by molar-refractivity contribution is -0.384. The first-order valence-corrected chi connectivity index (χ1v) is 6.50. The van der Waals surface area contributed by atoms with Gasteiger partial charge in [-0.3, -0.25) is 19.7 Å². The summed E-state index contributed by atoms with van der Waals surface area (Å²) in [6.07, 6.45) is 1.41. The van der Waals surface area contributed by atoms with Crippen molar-refractivity contribution < 1.29 is 4.92 Å². The van der Waals surface area contributed by atoms with Crippen molar-refractivity contribution in [1.29, 1.82) is 0 Å². The highest BCUT2D eigenvalue weighted by atomic mass is 16.6. The number of nitrogens with zero attached hydrogens (tertiary/aromatic N) is 4. The zero-order chi connectivity index (χ0) is 14.6. The summed E-state index contributed by atoms with van der Waals surface area (Å²) in [6, 6.07) is 0.890. The van der Waals surface area contributed by atoms with Crippen LogP contribution >= 0.6 is 0 Å². The number of aromatic nitrogens is 2. The lowest BCUT2D eigenvalue weighted by Crippen LogP contribution is -2.40. The van der Waals surface area contributed by atoms with Gasteiger partial charge in [0.25, 0.3) is 0 Å². The van der Waals surface area contributed by atoms with E-state index in [0.29, 0.717) is 24.4 Å². The minimum atomic E-state index is -0.419. The molecule has 0 spiro atoms. The fourth-order valence-corrected chi connectivity index (χ4v) is 2.15. The van der Waals surface area contributed by atoms with Crippen LogP contribution in [0.3, 0.4) is 0 Å². The van der Waals surface area contributed by atoms with Crippen LogP contribution in [0.1, 0.15) is 27.7 Å². The van der Waals surface area contributed by atoms with Gasteiger partial charge in [0.05, 0.1) is 4.92 Å². The van der Waals surface area contributed by atoms with Crippen LogP contribution < -0.4 is 5.32 Å². The van der Waals surface area contributed by atoms with Crippen LogP contribution in [0.25, 0.3) is 0 Å². The average Bonchev–Trinajstić information content (AvgIpc) is 2.65. The molecule has 1 N–H and O–H groups in total. The number of hydrogen-bond acceptors (Lipinski definition) is 5. The first-order valence-electron chi connectivity index (χ1n) is 6.50. The van der Waals surface area contributed by atoms with Gasteiger partial charge in [0.2, 0.25) is 5.82 Å². The van der Waals surface area contributed by atoms with E-state index in [1.165, 1.54) is 10.9 Å². The number of anilines is 1. The summed E-state index contributed by atoms with van der Waals surface area (Å²) in [5.74, 6) is 0.333. The van der Waals surface area contributed by atoms with Crippen LogP contribution in [0.5, 0.6) is 0 Å². The quantitative estimate of drug-likeness (QED) is 0.604. The Morgan fingerprint density at radius 1 is 1.42 bits per heavy atom. The van der Waals surface area contributed by atoms with Crippen molar-refractivity contribution in [2.24, 2.45) is 7.05 Å². The van der Waals surface area contributed by atoms with Crippen molar-refractivity contribution in [3.63, 3.8) is 0 Å². The van der Waals surface area contributed by atoms with Crippen molar-refractivity contribution in [1.82, 2.24) is 14.7 Å². The van der Waals surface area contributed by atoms with E-state index in [1.807, 2.05) is 0 Å². The number of aryl methyl sites for hydroxylation is 1.